The highest BCUT2D eigenvalue weighted by Crippen LogP contribution is 2.30. The molecule has 0 aliphatic rings. The van der Waals surface area contributed by atoms with E-state index in [-0.39, 0.29) is 11.5 Å². The van der Waals surface area contributed by atoms with E-state index in [1.165, 1.54) is 12.3 Å². The molecule has 0 aliphatic heterocycles. The number of fused-ring (bicyclic) bond motifs is 1. The van der Waals surface area contributed by atoms with Crippen molar-refractivity contribution in [2.24, 2.45) is 5.73 Å². The number of primary amides is 1. The zero-order chi connectivity index (χ0) is 15.0. The Hall–Kier alpha value is -2.75. The summed E-state index contributed by atoms with van der Waals surface area (Å²) in [6.07, 6.45) is 1.54. The molecule has 2 aromatic carbocycles. The average molecular weight is 280 g/mol. The van der Waals surface area contributed by atoms with Gasteiger partial charge in [0.2, 0.25) is 0 Å². The molecule has 21 heavy (non-hydrogen) atoms. The zero-order valence-electron chi connectivity index (χ0n) is 11.4. The van der Waals surface area contributed by atoms with Crippen molar-refractivity contribution < 1.29 is 9.18 Å². The quantitative estimate of drug-likeness (QED) is 0.781. The summed E-state index contributed by atoms with van der Waals surface area (Å²) in [4.78, 5) is 15.5. The Kier molecular flexibility index (Phi) is 3.14. The molecule has 0 atom stereocenters. The van der Waals surface area contributed by atoms with Gasteiger partial charge in [-0.15, -0.1) is 0 Å². The van der Waals surface area contributed by atoms with E-state index < -0.39 is 5.91 Å². The molecule has 4 heteroatoms. The first-order valence-corrected chi connectivity index (χ1v) is 6.52. The largest absolute Gasteiger partial charge is 0.364 e. The van der Waals surface area contributed by atoms with Crippen LogP contribution in [0.25, 0.3) is 21.9 Å². The second-order valence-corrected chi connectivity index (χ2v) is 4.89. The summed E-state index contributed by atoms with van der Waals surface area (Å²) in [6.45, 7) is 1.85. The minimum Gasteiger partial charge on any atom is -0.364 e. The third-order valence-electron chi connectivity index (χ3n) is 3.51. The van der Waals surface area contributed by atoms with Crippen LogP contribution in [-0.4, -0.2) is 10.9 Å². The van der Waals surface area contributed by atoms with Crippen LogP contribution in [0.2, 0.25) is 0 Å². The molecule has 1 amide bonds. The van der Waals surface area contributed by atoms with Crippen molar-refractivity contribution in [1.82, 2.24) is 4.98 Å². The SMILES string of the molecule is Cc1cccc(F)c1-c1ccc2ccnc(C(N)=O)c2c1. The van der Waals surface area contributed by atoms with E-state index in [1.54, 1.807) is 18.2 Å². The van der Waals surface area contributed by atoms with Gasteiger partial charge < -0.3 is 5.73 Å². The van der Waals surface area contributed by atoms with Gasteiger partial charge >= 0.3 is 0 Å². The van der Waals surface area contributed by atoms with Crippen molar-refractivity contribution in [3.05, 3.63) is 65.7 Å². The summed E-state index contributed by atoms with van der Waals surface area (Å²) in [6, 6.07) is 12.2. The monoisotopic (exact) mass is 280 g/mol. The van der Waals surface area contributed by atoms with Crippen molar-refractivity contribution in [2.45, 2.75) is 6.92 Å². The number of hydrogen-bond donors (Lipinski definition) is 1. The van der Waals surface area contributed by atoms with Gasteiger partial charge in [0.1, 0.15) is 11.5 Å². The molecular formula is C17H13FN2O. The van der Waals surface area contributed by atoms with Crippen molar-refractivity contribution in [1.29, 1.82) is 0 Å². The van der Waals surface area contributed by atoms with Crippen LogP contribution >= 0.6 is 0 Å². The van der Waals surface area contributed by atoms with Crippen LogP contribution in [0.4, 0.5) is 4.39 Å². The van der Waals surface area contributed by atoms with Crippen molar-refractivity contribution in [2.75, 3.05) is 0 Å². The smallest absolute Gasteiger partial charge is 0.267 e. The number of pyridine rings is 1. The molecule has 0 saturated heterocycles. The number of hydrogen-bond acceptors (Lipinski definition) is 2. The highest BCUT2D eigenvalue weighted by Gasteiger charge is 2.12. The van der Waals surface area contributed by atoms with Crippen LogP contribution in [0.5, 0.6) is 0 Å². The lowest BCUT2D eigenvalue weighted by Crippen LogP contribution is -2.13. The molecule has 2 N–H and O–H groups in total. The maximum Gasteiger partial charge on any atom is 0.267 e. The molecule has 3 rings (SSSR count). The fourth-order valence-electron chi connectivity index (χ4n) is 2.52. The predicted octanol–water partition coefficient (Wildman–Crippen LogP) is 3.45. The average Bonchev–Trinajstić information content (AvgIpc) is 2.46. The topological polar surface area (TPSA) is 56.0 Å². The minimum absolute atomic E-state index is 0.198. The Bertz CT molecular complexity index is 838. The number of benzene rings is 2. The van der Waals surface area contributed by atoms with E-state index >= 15 is 0 Å². The van der Waals surface area contributed by atoms with Gasteiger partial charge in [-0.3, -0.25) is 9.78 Å². The molecule has 3 nitrogen and oxygen atoms in total. The lowest BCUT2D eigenvalue weighted by molar-refractivity contribution is 0.0997. The van der Waals surface area contributed by atoms with Crippen LogP contribution in [-0.2, 0) is 0 Å². The molecule has 104 valence electrons. The van der Waals surface area contributed by atoms with E-state index in [9.17, 15) is 9.18 Å². The van der Waals surface area contributed by atoms with Crippen LogP contribution in [0.15, 0.2) is 48.7 Å². The number of carbonyl (C=O) groups excluding carboxylic acids is 1. The molecule has 0 radical (unpaired) electrons. The van der Waals surface area contributed by atoms with Crippen LogP contribution in [0, 0.1) is 12.7 Å². The number of aryl methyl sites for hydroxylation is 1. The number of nitrogens with zero attached hydrogens (tertiary/aromatic N) is 1. The second-order valence-electron chi connectivity index (χ2n) is 4.89. The van der Waals surface area contributed by atoms with E-state index in [4.69, 9.17) is 5.73 Å². The molecule has 1 heterocycles. The third kappa shape index (κ3) is 2.25. The normalized spacial score (nSPS) is 10.8. The fourth-order valence-corrected chi connectivity index (χ4v) is 2.52. The first kappa shape index (κ1) is 13.2. The predicted molar refractivity (Wildman–Crippen MR) is 80.4 cm³/mol. The Morgan fingerprint density at radius 1 is 1.19 bits per heavy atom. The molecule has 0 saturated carbocycles. The van der Waals surface area contributed by atoms with Gasteiger partial charge in [0.05, 0.1) is 0 Å². The van der Waals surface area contributed by atoms with Crippen molar-refractivity contribution >= 4 is 16.7 Å². The maximum atomic E-state index is 14.1. The van der Waals surface area contributed by atoms with Gasteiger partial charge in [-0.25, -0.2) is 4.39 Å². The molecule has 1 aromatic heterocycles. The summed E-state index contributed by atoms with van der Waals surface area (Å²) in [5, 5.41) is 1.47. The summed E-state index contributed by atoms with van der Waals surface area (Å²) in [7, 11) is 0. The van der Waals surface area contributed by atoms with Crippen LogP contribution in [0.3, 0.4) is 0 Å². The standard InChI is InChI=1S/C17H13FN2O/c1-10-3-2-4-14(18)15(10)12-6-5-11-7-8-20-16(17(19)21)13(11)9-12/h2-9H,1H3,(H2,19,21). The van der Waals surface area contributed by atoms with Gasteiger partial charge in [-0.2, -0.15) is 0 Å². The summed E-state index contributed by atoms with van der Waals surface area (Å²) < 4.78 is 14.1. The Balaban J connectivity index is 2.31. The van der Waals surface area contributed by atoms with Gasteiger partial charge in [-0.1, -0.05) is 24.3 Å². The van der Waals surface area contributed by atoms with E-state index in [0.29, 0.717) is 16.5 Å². The molecule has 0 spiro atoms. The van der Waals surface area contributed by atoms with E-state index in [2.05, 4.69) is 4.98 Å². The molecule has 0 fully saturated rings. The number of aromatic nitrogens is 1. The number of carbonyl (C=O) groups is 1. The van der Waals surface area contributed by atoms with Crippen LogP contribution in [0.1, 0.15) is 16.1 Å². The van der Waals surface area contributed by atoms with Gasteiger partial charge in [0, 0.05) is 17.1 Å². The van der Waals surface area contributed by atoms with E-state index in [0.717, 1.165) is 10.9 Å². The van der Waals surface area contributed by atoms with Gasteiger partial charge in [-0.05, 0) is 41.6 Å². The lowest BCUT2D eigenvalue weighted by atomic mass is 9.97. The van der Waals surface area contributed by atoms with Crippen molar-refractivity contribution in [3.63, 3.8) is 0 Å². The molecule has 0 aliphatic carbocycles. The highest BCUT2D eigenvalue weighted by molar-refractivity contribution is 6.05. The summed E-state index contributed by atoms with van der Waals surface area (Å²) in [5.74, 6) is -0.887. The zero-order valence-corrected chi connectivity index (χ0v) is 11.4. The molecular weight excluding hydrogens is 267 g/mol. The van der Waals surface area contributed by atoms with Crippen molar-refractivity contribution in [3.8, 4) is 11.1 Å². The Morgan fingerprint density at radius 2 is 2.00 bits per heavy atom. The lowest BCUT2D eigenvalue weighted by Gasteiger charge is -2.09. The minimum atomic E-state index is -0.594. The summed E-state index contributed by atoms with van der Waals surface area (Å²) >= 11 is 0. The number of halogens is 1. The third-order valence-corrected chi connectivity index (χ3v) is 3.51. The van der Waals surface area contributed by atoms with Gasteiger partial charge in [0.25, 0.3) is 5.91 Å². The first-order valence-electron chi connectivity index (χ1n) is 6.52. The number of nitrogens with two attached hydrogens (primary N) is 1. The Morgan fingerprint density at radius 3 is 2.71 bits per heavy atom. The molecule has 0 unspecified atom stereocenters. The first-order chi connectivity index (χ1) is 10.1. The molecule has 3 aromatic rings. The Labute approximate surface area is 121 Å². The van der Waals surface area contributed by atoms with Gasteiger partial charge in [0.15, 0.2) is 0 Å². The number of amides is 1. The number of rotatable bonds is 2. The van der Waals surface area contributed by atoms with E-state index in [1.807, 2.05) is 25.1 Å². The maximum absolute atomic E-state index is 14.1. The fraction of sp³-hybridized carbons (Fsp3) is 0.0588. The summed E-state index contributed by atoms with van der Waals surface area (Å²) in [5.41, 5.74) is 7.61. The van der Waals surface area contributed by atoms with Crippen LogP contribution < -0.4 is 5.73 Å². The highest BCUT2D eigenvalue weighted by atomic mass is 19.1. The second kappa shape index (κ2) is 4.98. The molecule has 0 bridgehead atoms.